The van der Waals surface area contributed by atoms with Gasteiger partial charge in [-0.25, -0.2) is 8.78 Å². The van der Waals surface area contributed by atoms with E-state index in [1.165, 1.54) is 6.07 Å². The van der Waals surface area contributed by atoms with E-state index in [-0.39, 0.29) is 17.4 Å². The van der Waals surface area contributed by atoms with Crippen molar-refractivity contribution in [1.82, 2.24) is 4.90 Å². The smallest absolute Gasteiger partial charge is 0.179 e. The minimum Gasteiger partial charge on any atom is -0.292 e. The van der Waals surface area contributed by atoms with E-state index in [0.29, 0.717) is 12.0 Å². The number of carbonyl (C=O) groups is 1. The molecular formula is C16H21F2NO. The van der Waals surface area contributed by atoms with E-state index in [1.54, 1.807) is 0 Å². The van der Waals surface area contributed by atoms with Crippen LogP contribution in [0.15, 0.2) is 18.2 Å². The SMILES string of the molecule is CC1CCN(C(C)C(=O)c2ccc(F)c(F)c2)C(C)C1. The predicted octanol–water partition coefficient (Wildman–Crippen LogP) is 3.66. The maximum absolute atomic E-state index is 13.2. The minimum atomic E-state index is -0.969. The molecule has 0 bridgehead atoms. The van der Waals surface area contributed by atoms with E-state index in [9.17, 15) is 13.6 Å². The first-order valence-electron chi connectivity index (χ1n) is 7.15. The predicted molar refractivity (Wildman–Crippen MR) is 74.7 cm³/mol. The Labute approximate surface area is 118 Å². The highest BCUT2D eigenvalue weighted by Gasteiger charge is 2.30. The summed E-state index contributed by atoms with van der Waals surface area (Å²) in [5.41, 5.74) is 0.238. The Kier molecular flexibility index (Phi) is 4.53. The molecule has 0 N–H and O–H groups in total. The van der Waals surface area contributed by atoms with Crippen molar-refractivity contribution in [2.45, 2.75) is 45.7 Å². The summed E-state index contributed by atoms with van der Waals surface area (Å²) >= 11 is 0. The number of carbonyl (C=O) groups excluding carboxylic acids is 1. The van der Waals surface area contributed by atoms with Crippen LogP contribution in [0.2, 0.25) is 0 Å². The summed E-state index contributed by atoms with van der Waals surface area (Å²) < 4.78 is 26.2. The number of nitrogens with zero attached hydrogens (tertiary/aromatic N) is 1. The number of halogens is 2. The van der Waals surface area contributed by atoms with Crippen LogP contribution in [0.5, 0.6) is 0 Å². The summed E-state index contributed by atoms with van der Waals surface area (Å²) in [6, 6.07) is 3.39. The van der Waals surface area contributed by atoms with E-state index in [4.69, 9.17) is 0 Å². The van der Waals surface area contributed by atoms with Crippen molar-refractivity contribution in [2.24, 2.45) is 5.92 Å². The zero-order valence-corrected chi connectivity index (χ0v) is 12.2. The fraction of sp³-hybridized carbons (Fsp3) is 0.562. The Morgan fingerprint density at radius 2 is 2.00 bits per heavy atom. The molecular weight excluding hydrogens is 260 g/mol. The highest BCUT2D eigenvalue weighted by Crippen LogP contribution is 2.25. The molecule has 0 aromatic heterocycles. The van der Waals surface area contributed by atoms with Gasteiger partial charge in [0.05, 0.1) is 6.04 Å². The fourth-order valence-electron chi connectivity index (χ4n) is 3.04. The Hall–Kier alpha value is -1.29. The molecule has 1 saturated heterocycles. The van der Waals surface area contributed by atoms with Crippen LogP contribution in [0.25, 0.3) is 0 Å². The zero-order chi connectivity index (χ0) is 14.9. The maximum Gasteiger partial charge on any atom is 0.179 e. The highest BCUT2D eigenvalue weighted by molar-refractivity contribution is 5.99. The van der Waals surface area contributed by atoms with Crippen LogP contribution in [0.1, 0.15) is 44.0 Å². The molecule has 4 heteroatoms. The van der Waals surface area contributed by atoms with Crippen molar-refractivity contribution in [2.75, 3.05) is 6.54 Å². The topological polar surface area (TPSA) is 20.3 Å². The molecule has 1 heterocycles. The molecule has 0 aliphatic carbocycles. The molecule has 3 unspecified atom stereocenters. The fourth-order valence-corrected chi connectivity index (χ4v) is 3.04. The number of Topliss-reactive ketones (excluding diaryl/α,β-unsaturated/α-hetero) is 1. The van der Waals surface area contributed by atoms with Crippen LogP contribution in [0, 0.1) is 17.6 Å². The van der Waals surface area contributed by atoms with Gasteiger partial charge in [-0.1, -0.05) is 6.92 Å². The lowest BCUT2D eigenvalue weighted by Gasteiger charge is -2.39. The summed E-state index contributed by atoms with van der Waals surface area (Å²) in [7, 11) is 0. The maximum atomic E-state index is 13.2. The van der Waals surface area contributed by atoms with Crippen molar-refractivity contribution in [3.05, 3.63) is 35.4 Å². The summed E-state index contributed by atoms with van der Waals surface area (Å²) in [6.07, 6.45) is 2.13. The average Bonchev–Trinajstić information content (AvgIpc) is 2.40. The number of rotatable bonds is 3. The second-order valence-electron chi connectivity index (χ2n) is 5.89. The summed E-state index contributed by atoms with van der Waals surface area (Å²) in [6.45, 7) is 7.05. The quantitative estimate of drug-likeness (QED) is 0.788. The molecule has 0 radical (unpaired) electrons. The molecule has 0 amide bonds. The van der Waals surface area contributed by atoms with Gasteiger partial charge in [-0.15, -0.1) is 0 Å². The lowest BCUT2D eigenvalue weighted by molar-refractivity contribution is 0.0627. The number of ketones is 1. The molecule has 1 aliphatic rings. The van der Waals surface area contributed by atoms with Crippen LogP contribution in [-0.4, -0.2) is 29.3 Å². The normalized spacial score (nSPS) is 25.4. The second kappa shape index (κ2) is 6.00. The van der Waals surface area contributed by atoms with E-state index in [0.717, 1.165) is 31.5 Å². The van der Waals surface area contributed by atoms with Crippen LogP contribution < -0.4 is 0 Å². The van der Waals surface area contributed by atoms with E-state index < -0.39 is 11.6 Å². The van der Waals surface area contributed by atoms with Crippen molar-refractivity contribution in [3.63, 3.8) is 0 Å². The number of likely N-dealkylation sites (tertiary alicyclic amines) is 1. The summed E-state index contributed by atoms with van der Waals surface area (Å²) in [4.78, 5) is 14.6. The lowest BCUT2D eigenvalue weighted by Crippen LogP contribution is -2.48. The minimum absolute atomic E-state index is 0.148. The Bertz CT molecular complexity index is 503. The van der Waals surface area contributed by atoms with Gasteiger partial charge in [0, 0.05) is 11.6 Å². The molecule has 110 valence electrons. The van der Waals surface area contributed by atoms with E-state index in [1.807, 2.05) is 6.92 Å². The van der Waals surface area contributed by atoms with Gasteiger partial charge in [-0.3, -0.25) is 9.69 Å². The van der Waals surface area contributed by atoms with Gasteiger partial charge >= 0.3 is 0 Å². The highest BCUT2D eigenvalue weighted by atomic mass is 19.2. The molecule has 1 aromatic rings. The lowest BCUT2D eigenvalue weighted by atomic mass is 9.91. The number of piperidine rings is 1. The Morgan fingerprint density at radius 3 is 2.60 bits per heavy atom. The zero-order valence-electron chi connectivity index (χ0n) is 12.2. The van der Waals surface area contributed by atoms with Crippen LogP contribution >= 0.6 is 0 Å². The Balaban J connectivity index is 2.13. The average molecular weight is 281 g/mol. The van der Waals surface area contributed by atoms with Gasteiger partial charge in [0.1, 0.15) is 0 Å². The van der Waals surface area contributed by atoms with Crippen LogP contribution in [0.3, 0.4) is 0 Å². The standard InChI is InChI=1S/C16H21F2NO/c1-10-6-7-19(11(2)8-10)12(3)16(20)13-4-5-14(17)15(18)9-13/h4-5,9-12H,6-8H2,1-3H3. The Morgan fingerprint density at radius 1 is 1.30 bits per heavy atom. The third kappa shape index (κ3) is 3.06. The summed E-state index contributed by atoms with van der Waals surface area (Å²) in [5.74, 6) is -1.37. The van der Waals surface area contributed by atoms with Gasteiger partial charge in [-0.05, 0) is 57.4 Å². The monoisotopic (exact) mass is 281 g/mol. The number of hydrogen-bond acceptors (Lipinski definition) is 2. The van der Waals surface area contributed by atoms with Crippen molar-refractivity contribution < 1.29 is 13.6 Å². The van der Waals surface area contributed by atoms with Crippen molar-refractivity contribution in [3.8, 4) is 0 Å². The molecule has 3 atom stereocenters. The number of hydrogen-bond donors (Lipinski definition) is 0. The number of benzene rings is 1. The van der Waals surface area contributed by atoms with Gasteiger partial charge in [0.25, 0.3) is 0 Å². The van der Waals surface area contributed by atoms with Gasteiger partial charge in [0.2, 0.25) is 0 Å². The third-order valence-corrected chi connectivity index (χ3v) is 4.27. The molecule has 0 saturated carbocycles. The van der Waals surface area contributed by atoms with E-state index >= 15 is 0 Å². The van der Waals surface area contributed by atoms with Gasteiger partial charge in [-0.2, -0.15) is 0 Å². The molecule has 1 fully saturated rings. The first-order chi connectivity index (χ1) is 9.40. The summed E-state index contributed by atoms with van der Waals surface area (Å²) in [5, 5.41) is 0. The van der Waals surface area contributed by atoms with E-state index in [2.05, 4.69) is 18.7 Å². The first-order valence-corrected chi connectivity index (χ1v) is 7.15. The van der Waals surface area contributed by atoms with Crippen LogP contribution in [0.4, 0.5) is 8.78 Å². The molecule has 2 rings (SSSR count). The molecule has 1 aromatic carbocycles. The third-order valence-electron chi connectivity index (χ3n) is 4.27. The molecule has 0 spiro atoms. The van der Waals surface area contributed by atoms with Crippen LogP contribution in [-0.2, 0) is 0 Å². The van der Waals surface area contributed by atoms with Crippen molar-refractivity contribution in [1.29, 1.82) is 0 Å². The molecule has 2 nitrogen and oxygen atoms in total. The van der Waals surface area contributed by atoms with Gasteiger partial charge < -0.3 is 0 Å². The first kappa shape index (κ1) is 15.1. The molecule has 20 heavy (non-hydrogen) atoms. The van der Waals surface area contributed by atoms with Gasteiger partial charge in [0.15, 0.2) is 17.4 Å². The molecule has 1 aliphatic heterocycles. The second-order valence-corrected chi connectivity index (χ2v) is 5.89. The van der Waals surface area contributed by atoms with Crippen molar-refractivity contribution >= 4 is 5.78 Å². The largest absolute Gasteiger partial charge is 0.292 e.